The topological polar surface area (TPSA) is 237 Å². The molecule has 0 bridgehead atoms. The zero-order valence-corrected chi connectivity index (χ0v) is 71.0. The van der Waals surface area contributed by atoms with Gasteiger partial charge in [0.1, 0.15) is 19.3 Å². The number of hydrogen-bond donors (Lipinski definition) is 3. The molecule has 0 spiro atoms. The molecule has 0 aliphatic carbocycles. The molecule has 5 atom stereocenters. The lowest BCUT2D eigenvalue weighted by molar-refractivity contribution is -0.161. The van der Waals surface area contributed by atoms with Gasteiger partial charge in [-0.15, -0.1) is 0 Å². The number of unbranched alkanes of at least 4 members (excludes halogenated alkanes) is 52. The lowest BCUT2D eigenvalue weighted by Gasteiger charge is -2.21. The summed E-state index contributed by atoms with van der Waals surface area (Å²) < 4.78 is 68.9. The third-order valence-corrected chi connectivity index (χ3v) is 22.0. The molecule has 0 fully saturated rings. The number of carbonyl (C=O) groups is 4. The normalized spacial score (nSPS) is 13.9. The van der Waals surface area contributed by atoms with Gasteiger partial charge in [0.05, 0.1) is 26.4 Å². The Morgan fingerprint density at radius 2 is 0.438 bits per heavy atom. The molecule has 105 heavy (non-hydrogen) atoms. The van der Waals surface area contributed by atoms with Crippen LogP contribution in [0, 0.1) is 17.8 Å². The molecule has 0 amide bonds. The van der Waals surface area contributed by atoms with Crippen LogP contribution in [0.5, 0.6) is 0 Å². The first-order valence-corrected chi connectivity index (χ1v) is 47.3. The summed E-state index contributed by atoms with van der Waals surface area (Å²) in [5.41, 5.74) is 0. The predicted octanol–water partition coefficient (Wildman–Crippen LogP) is 26.1. The average molecular weight is 1540 g/mol. The summed E-state index contributed by atoms with van der Waals surface area (Å²) in [6.45, 7) is 12.0. The Morgan fingerprint density at radius 3 is 0.648 bits per heavy atom. The van der Waals surface area contributed by atoms with Gasteiger partial charge in [-0.2, -0.15) is 0 Å². The maximum Gasteiger partial charge on any atom is 0.472 e. The number of aliphatic hydroxyl groups is 1. The Morgan fingerprint density at radius 1 is 0.257 bits per heavy atom. The number of ether oxygens (including phenoxy) is 4. The smallest absolute Gasteiger partial charge is 0.462 e. The third kappa shape index (κ3) is 79.9. The maximum absolute atomic E-state index is 13.1. The Hall–Kier alpha value is -1.94. The van der Waals surface area contributed by atoms with E-state index in [1.54, 1.807) is 0 Å². The zero-order valence-electron chi connectivity index (χ0n) is 69.2. The van der Waals surface area contributed by atoms with Gasteiger partial charge in [0, 0.05) is 25.7 Å². The van der Waals surface area contributed by atoms with Gasteiger partial charge in [0.25, 0.3) is 0 Å². The second kappa shape index (κ2) is 76.1. The van der Waals surface area contributed by atoms with Gasteiger partial charge in [-0.25, -0.2) is 9.13 Å². The highest BCUT2D eigenvalue weighted by Gasteiger charge is 2.30. The van der Waals surface area contributed by atoms with Crippen molar-refractivity contribution in [3.05, 3.63) is 0 Å². The number of rotatable bonds is 84. The standard InChI is InChI=1S/C86H168O17P2/c1-8-9-10-11-12-13-14-15-26-32-41-48-55-62-69-85(90)103-82(74-97-84(89)68-61-54-47-40-35-34-38-45-52-59-66-79(6)7)76-101-105(94,95)99-72-80(87)71-98-104(92,93)100-75-81(73-96-83(88)67-60-53-46-39-31-27-23-22-25-30-37-44-51-58-65-78(4)5)102-86(91)70-63-56-49-42-33-28-21-19-17-16-18-20-24-29-36-43-50-57-64-77(2)3/h77-82,87H,8-76H2,1-7H3,(H,92,93)(H,94,95)/t80-,81-,82-/m1/s1. The fourth-order valence-corrected chi connectivity index (χ4v) is 14.9. The first-order valence-electron chi connectivity index (χ1n) is 44.3. The molecule has 0 radical (unpaired) electrons. The molecule has 624 valence electrons. The second-order valence-electron chi connectivity index (χ2n) is 32.4. The van der Waals surface area contributed by atoms with E-state index in [0.29, 0.717) is 25.7 Å². The predicted molar refractivity (Wildman–Crippen MR) is 432 cm³/mol. The van der Waals surface area contributed by atoms with Crippen LogP contribution in [0.25, 0.3) is 0 Å². The summed E-state index contributed by atoms with van der Waals surface area (Å²) in [4.78, 5) is 73.3. The molecule has 0 aromatic rings. The van der Waals surface area contributed by atoms with Crippen LogP contribution in [-0.2, 0) is 65.4 Å². The van der Waals surface area contributed by atoms with E-state index in [0.717, 1.165) is 108 Å². The van der Waals surface area contributed by atoms with Gasteiger partial charge in [0.15, 0.2) is 12.2 Å². The number of phosphoric ester groups is 2. The fourth-order valence-electron chi connectivity index (χ4n) is 13.4. The molecule has 0 aliphatic heterocycles. The first-order chi connectivity index (χ1) is 50.7. The van der Waals surface area contributed by atoms with E-state index in [1.165, 1.54) is 263 Å². The van der Waals surface area contributed by atoms with E-state index >= 15 is 0 Å². The van der Waals surface area contributed by atoms with Crippen molar-refractivity contribution in [1.29, 1.82) is 0 Å². The molecule has 2 unspecified atom stereocenters. The molecule has 3 N–H and O–H groups in total. The van der Waals surface area contributed by atoms with Gasteiger partial charge in [-0.1, -0.05) is 402 Å². The van der Waals surface area contributed by atoms with Crippen molar-refractivity contribution in [1.82, 2.24) is 0 Å². The molecule has 0 rings (SSSR count). The molecule has 0 heterocycles. The van der Waals surface area contributed by atoms with Crippen molar-refractivity contribution < 1.29 is 80.2 Å². The van der Waals surface area contributed by atoms with Crippen molar-refractivity contribution in [3.63, 3.8) is 0 Å². The average Bonchev–Trinajstić information content (AvgIpc) is 1.02. The summed E-state index contributed by atoms with van der Waals surface area (Å²) in [6, 6.07) is 0. The minimum Gasteiger partial charge on any atom is -0.462 e. The number of phosphoric acid groups is 2. The number of carbonyl (C=O) groups excluding carboxylic acids is 4. The first kappa shape index (κ1) is 103. The Labute approximate surface area is 645 Å². The van der Waals surface area contributed by atoms with Crippen LogP contribution in [0.2, 0.25) is 0 Å². The van der Waals surface area contributed by atoms with E-state index in [-0.39, 0.29) is 25.7 Å². The monoisotopic (exact) mass is 1540 g/mol. The molecule has 0 saturated heterocycles. The molecule has 17 nitrogen and oxygen atoms in total. The van der Waals surface area contributed by atoms with Crippen LogP contribution in [-0.4, -0.2) is 96.7 Å². The van der Waals surface area contributed by atoms with E-state index in [2.05, 4.69) is 48.5 Å². The Kier molecular flexibility index (Phi) is 74.7. The van der Waals surface area contributed by atoms with Crippen LogP contribution in [0.1, 0.15) is 453 Å². The molecule has 19 heteroatoms. The van der Waals surface area contributed by atoms with Crippen LogP contribution < -0.4 is 0 Å². The van der Waals surface area contributed by atoms with Gasteiger partial charge in [-0.3, -0.25) is 37.3 Å². The van der Waals surface area contributed by atoms with Crippen molar-refractivity contribution in [2.24, 2.45) is 17.8 Å². The Bertz CT molecular complexity index is 2030. The van der Waals surface area contributed by atoms with E-state index in [1.807, 2.05) is 0 Å². The van der Waals surface area contributed by atoms with Gasteiger partial charge < -0.3 is 33.8 Å². The Balaban J connectivity index is 5.25. The number of hydrogen-bond acceptors (Lipinski definition) is 15. The van der Waals surface area contributed by atoms with Crippen LogP contribution >= 0.6 is 15.6 Å². The van der Waals surface area contributed by atoms with Gasteiger partial charge in [-0.05, 0) is 43.4 Å². The highest BCUT2D eigenvalue weighted by molar-refractivity contribution is 7.47. The van der Waals surface area contributed by atoms with Crippen LogP contribution in [0.3, 0.4) is 0 Å². The van der Waals surface area contributed by atoms with Crippen molar-refractivity contribution >= 4 is 39.5 Å². The van der Waals surface area contributed by atoms with Crippen LogP contribution in [0.4, 0.5) is 0 Å². The fraction of sp³-hybridized carbons (Fsp3) is 0.953. The zero-order chi connectivity index (χ0) is 77.2. The highest BCUT2D eigenvalue weighted by Crippen LogP contribution is 2.45. The van der Waals surface area contributed by atoms with Gasteiger partial charge >= 0.3 is 39.5 Å². The molecule has 0 aromatic heterocycles. The SMILES string of the molecule is CCCCCCCCCCCCCCCCC(=O)O[C@H](COC(=O)CCCCCCCCCCCCC(C)C)COP(=O)(O)OC[C@H](O)COP(=O)(O)OC[C@@H](COC(=O)CCCCCCCCCCCCCCCCC(C)C)OC(=O)CCCCCCCCCCCCCCCCCCCCC(C)C. The molecular formula is C86H168O17P2. The minimum atomic E-state index is -4.97. The molecule has 0 saturated carbocycles. The summed E-state index contributed by atoms with van der Waals surface area (Å²) in [7, 11) is -9.93. The summed E-state index contributed by atoms with van der Waals surface area (Å²) in [5, 5.41) is 10.7. The van der Waals surface area contributed by atoms with Crippen molar-refractivity contribution in [3.8, 4) is 0 Å². The van der Waals surface area contributed by atoms with Crippen molar-refractivity contribution in [2.45, 2.75) is 471 Å². The third-order valence-electron chi connectivity index (χ3n) is 20.1. The van der Waals surface area contributed by atoms with E-state index in [9.17, 15) is 43.2 Å². The minimum absolute atomic E-state index is 0.108. The summed E-state index contributed by atoms with van der Waals surface area (Å²) in [6.07, 6.45) is 66.6. The summed E-state index contributed by atoms with van der Waals surface area (Å²) >= 11 is 0. The second-order valence-corrected chi connectivity index (χ2v) is 35.3. The molecular weight excluding hydrogens is 1370 g/mol. The van der Waals surface area contributed by atoms with Crippen molar-refractivity contribution in [2.75, 3.05) is 39.6 Å². The lowest BCUT2D eigenvalue weighted by Crippen LogP contribution is -2.30. The summed E-state index contributed by atoms with van der Waals surface area (Å²) in [5.74, 6) is 0.276. The molecule has 0 aromatic carbocycles. The quantitative estimate of drug-likeness (QED) is 0.0222. The number of esters is 4. The van der Waals surface area contributed by atoms with E-state index < -0.39 is 97.5 Å². The highest BCUT2D eigenvalue weighted by atomic mass is 31.2. The lowest BCUT2D eigenvalue weighted by atomic mass is 10.0. The van der Waals surface area contributed by atoms with Crippen LogP contribution in [0.15, 0.2) is 0 Å². The maximum atomic E-state index is 13.1. The van der Waals surface area contributed by atoms with E-state index in [4.69, 9.17) is 37.0 Å². The number of aliphatic hydroxyl groups excluding tert-OH is 1. The molecule has 0 aliphatic rings. The van der Waals surface area contributed by atoms with Gasteiger partial charge in [0.2, 0.25) is 0 Å². The largest absolute Gasteiger partial charge is 0.472 e.